The summed E-state index contributed by atoms with van der Waals surface area (Å²) in [4.78, 5) is 2.44. The molecule has 2 aromatic carbocycles. The van der Waals surface area contributed by atoms with Gasteiger partial charge >= 0.3 is 0 Å². The van der Waals surface area contributed by atoms with Crippen LogP contribution < -0.4 is 5.32 Å². The molecule has 2 N–H and O–H groups in total. The van der Waals surface area contributed by atoms with Crippen LogP contribution in [0.3, 0.4) is 0 Å². The molecule has 7 heteroatoms. The maximum absolute atomic E-state index is 10.7. The number of morpholine rings is 1. The van der Waals surface area contributed by atoms with Gasteiger partial charge in [0, 0.05) is 50.4 Å². The molecule has 4 rings (SSSR count). The van der Waals surface area contributed by atoms with Crippen molar-refractivity contribution >= 4 is 53.7 Å². The van der Waals surface area contributed by atoms with Crippen LogP contribution in [0.2, 0.25) is 0 Å². The van der Waals surface area contributed by atoms with Gasteiger partial charge in [0.15, 0.2) is 0 Å². The smallest absolute Gasteiger partial charge is 0.0843 e. The van der Waals surface area contributed by atoms with Crippen LogP contribution in [0.5, 0.6) is 0 Å². The summed E-state index contributed by atoms with van der Waals surface area (Å²) in [6.07, 6.45) is 0.647. The van der Waals surface area contributed by atoms with E-state index in [9.17, 15) is 5.11 Å². The molecule has 0 radical (unpaired) electrons. The topological polar surface area (TPSA) is 49.7 Å². The molecule has 0 spiro atoms. The van der Waals surface area contributed by atoms with E-state index in [1.807, 2.05) is 0 Å². The van der Waals surface area contributed by atoms with E-state index in [-0.39, 0.29) is 0 Å². The minimum absolute atomic E-state index is 0.440. The third-order valence-electron chi connectivity index (χ3n) is 5.49. The summed E-state index contributed by atoms with van der Waals surface area (Å²) in [5.74, 6) is 0. The third-order valence-corrected chi connectivity index (χ3v) is 6.48. The van der Waals surface area contributed by atoms with Crippen molar-refractivity contribution in [3.63, 3.8) is 0 Å². The number of hydrogen-bond donors (Lipinski definition) is 2. The molecule has 0 aliphatic carbocycles. The van der Waals surface area contributed by atoms with E-state index in [4.69, 9.17) is 4.74 Å². The molecule has 156 valence electrons. The summed E-state index contributed by atoms with van der Waals surface area (Å²) in [6.45, 7) is 6.92. The second kappa shape index (κ2) is 9.90. The number of nitrogens with zero attached hydrogens (tertiary/aromatic N) is 2. The second-order valence-corrected chi connectivity index (χ2v) is 9.43. The van der Waals surface area contributed by atoms with Crippen molar-refractivity contribution < 1.29 is 9.84 Å². The summed E-state index contributed by atoms with van der Waals surface area (Å²) in [7, 11) is 0. The third kappa shape index (κ3) is 5.21. The molecule has 29 heavy (non-hydrogen) atoms. The van der Waals surface area contributed by atoms with Crippen LogP contribution in [0.15, 0.2) is 45.3 Å². The molecule has 1 aromatic heterocycles. The molecule has 0 saturated carbocycles. The number of ether oxygens (including phenoxy) is 1. The Labute approximate surface area is 188 Å². The largest absolute Gasteiger partial charge is 0.390 e. The Hall–Kier alpha value is -0.960. The Morgan fingerprint density at radius 3 is 2.24 bits per heavy atom. The van der Waals surface area contributed by atoms with E-state index in [1.165, 1.54) is 10.8 Å². The van der Waals surface area contributed by atoms with Gasteiger partial charge in [-0.3, -0.25) is 4.90 Å². The normalized spacial score (nSPS) is 16.7. The Balaban J connectivity index is 1.38. The lowest BCUT2D eigenvalue weighted by molar-refractivity contribution is 0.0373. The van der Waals surface area contributed by atoms with Crippen LogP contribution in [-0.4, -0.2) is 66.6 Å². The molecule has 0 bridgehead atoms. The highest BCUT2D eigenvalue weighted by Gasteiger charge is 2.15. The number of nitrogens with one attached hydrogen (secondary N) is 1. The number of aliphatic hydroxyl groups is 1. The van der Waals surface area contributed by atoms with Crippen molar-refractivity contribution in [3.05, 3.63) is 45.3 Å². The molecule has 1 aliphatic rings. The van der Waals surface area contributed by atoms with Crippen LogP contribution in [0.4, 0.5) is 0 Å². The number of fused-ring (bicyclic) bond motifs is 3. The van der Waals surface area contributed by atoms with E-state index >= 15 is 0 Å². The van der Waals surface area contributed by atoms with Gasteiger partial charge in [0.2, 0.25) is 0 Å². The molecule has 2 heterocycles. The molecule has 0 unspecified atom stereocenters. The number of aromatic nitrogens is 1. The quantitative estimate of drug-likeness (QED) is 0.437. The molecule has 1 aliphatic heterocycles. The molecule has 3 aromatic rings. The predicted octanol–water partition coefficient (Wildman–Crippen LogP) is 3.99. The van der Waals surface area contributed by atoms with Gasteiger partial charge in [0.25, 0.3) is 0 Å². The highest BCUT2D eigenvalue weighted by molar-refractivity contribution is 9.10. The summed E-state index contributed by atoms with van der Waals surface area (Å²) in [5, 5.41) is 16.5. The molecule has 1 fully saturated rings. The van der Waals surface area contributed by atoms with Gasteiger partial charge in [0.1, 0.15) is 0 Å². The van der Waals surface area contributed by atoms with Crippen molar-refractivity contribution in [2.75, 3.05) is 45.9 Å². The van der Waals surface area contributed by atoms with Crippen LogP contribution in [0.1, 0.15) is 6.42 Å². The highest BCUT2D eigenvalue weighted by Crippen LogP contribution is 2.33. The molecule has 0 amide bonds. The minimum atomic E-state index is -0.440. The maximum Gasteiger partial charge on any atom is 0.0843 e. The lowest BCUT2D eigenvalue weighted by Crippen LogP contribution is -2.38. The average molecular weight is 525 g/mol. The fraction of sp³-hybridized carbons (Fsp3) is 0.455. The molecule has 1 atom stereocenters. The first-order valence-corrected chi connectivity index (χ1v) is 11.8. The maximum atomic E-state index is 10.7. The van der Waals surface area contributed by atoms with Crippen LogP contribution >= 0.6 is 31.9 Å². The fourth-order valence-corrected chi connectivity index (χ4v) is 4.76. The standard InChI is InChI=1S/C22H27Br2N3O2/c23-16-2-4-21-19(12-16)20-13-17(24)3-5-22(20)27(21)15-18(28)14-25-6-1-7-26-8-10-29-11-9-26/h2-5,12-13,18,25,28H,1,6-11,14-15H2/t18-/m0/s1. The van der Waals surface area contributed by atoms with E-state index < -0.39 is 6.10 Å². The molecule has 5 nitrogen and oxygen atoms in total. The van der Waals surface area contributed by atoms with Gasteiger partial charge in [-0.15, -0.1) is 0 Å². The monoisotopic (exact) mass is 523 g/mol. The van der Waals surface area contributed by atoms with Gasteiger partial charge in [0.05, 0.1) is 25.9 Å². The Morgan fingerprint density at radius 2 is 1.62 bits per heavy atom. The van der Waals surface area contributed by atoms with Gasteiger partial charge < -0.3 is 19.7 Å². The fourth-order valence-electron chi connectivity index (χ4n) is 4.04. The SMILES string of the molecule is O[C@@H](CNCCCN1CCOCC1)Cn1c2ccc(Br)cc2c2cc(Br)ccc21. The number of halogens is 2. The zero-order valence-corrected chi connectivity index (χ0v) is 19.6. The Morgan fingerprint density at radius 1 is 1.00 bits per heavy atom. The minimum Gasteiger partial charge on any atom is -0.390 e. The van der Waals surface area contributed by atoms with Crippen molar-refractivity contribution in [3.8, 4) is 0 Å². The van der Waals surface area contributed by atoms with Crippen LogP contribution in [-0.2, 0) is 11.3 Å². The summed E-state index contributed by atoms with van der Waals surface area (Å²) in [5.41, 5.74) is 2.29. The zero-order chi connectivity index (χ0) is 20.2. The van der Waals surface area contributed by atoms with Crippen molar-refractivity contribution in [2.45, 2.75) is 19.1 Å². The molecular weight excluding hydrogens is 498 g/mol. The van der Waals surface area contributed by atoms with Gasteiger partial charge in [-0.25, -0.2) is 0 Å². The van der Waals surface area contributed by atoms with Gasteiger partial charge in [-0.2, -0.15) is 0 Å². The summed E-state index contributed by atoms with van der Waals surface area (Å²) < 4.78 is 9.73. The number of rotatable bonds is 8. The van der Waals surface area contributed by atoms with Crippen molar-refractivity contribution in [1.29, 1.82) is 0 Å². The lowest BCUT2D eigenvalue weighted by Gasteiger charge is -2.26. The molecule has 1 saturated heterocycles. The average Bonchev–Trinajstić information content (AvgIpc) is 3.00. The van der Waals surface area contributed by atoms with Crippen LogP contribution in [0, 0.1) is 0 Å². The van der Waals surface area contributed by atoms with Gasteiger partial charge in [-0.05, 0) is 55.9 Å². The zero-order valence-electron chi connectivity index (χ0n) is 16.4. The first kappa shape index (κ1) is 21.3. The van der Waals surface area contributed by atoms with Crippen molar-refractivity contribution in [1.82, 2.24) is 14.8 Å². The first-order chi connectivity index (χ1) is 14.1. The van der Waals surface area contributed by atoms with E-state index in [0.717, 1.165) is 65.8 Å². The van der Waals surface area contributed by atoms with Crippen LogP contribution in [0.25, 0.3) is 21.8 Å². The number of hydrogen-bond acceptors (Lipinski definition) is 4. The van der Waals surface area contributed by atoms with E-state index in [0.29, 0.717) is 13.1 Å². The summed E-state index contributed by atoms with van der Waals surface area (Å²) in [6, 6.07) is 12.7. The number of benzene rings is 2. The highest BCUT2D eigenvalue weighted by atomic mass is 79.9. The molecular formula is C22H27Br2N3O2. The number of aliphatic hydroxyl groups excluding tert-OH is 1. The van der Waals surface area contributed by atoms with E-state index in [1.54, 1.807) is 0 Å². The lowest BCUT2D eigenvalue weighted by atomic mass is 10.2. The first-order valence-electron chi connectivity index (χ1n) is 10.2. The Kier molecular flexibility index (Phi) is 7.26. The Bertz CT molecular complexity index is 910. The van der Waals surface area contributed by atoms with Crippen molar-refractivity contribution in [2.24, 2.45) is 0 Å². The summed E-state index contributed by atoms with van der Waals surface area (Å²) >= 11 is 7.17. The van der Waals surface area contributed by atoms with E-state index in [2.05, 4.69) is 83.0 Å². The van der Waals surface area contributed by atoms with Gasteiger partial charge in [-0.1, -0.05) is 31.9 Å². The second-order valence-electron chi connectivity index (χ2n) is 7.60. The predicted molar refractivity (Wildman–Crippen MR) is 126 cm³/mol.